The van der Waals surface area contributed by atoms with Crippen LogP contribution in [0.3, 0.4) is 0 Å². The molecular formula is C16H23NO3S. The van der Waals surface area contributed by atoms with Crippen LogP contribution in [0.2, 0.25) is 0 Å². The van der Waals surface area contributed by atoms with Gasteiger partial charge in [0.15, 0.2) is 0 Å². The number of rotatable bonds is 10. The van der Waals surface area contributed by atoms with Gasteiger partial charge in [-0.2, -0.15) is 0 Å². The summed E-state index contributed by atoms with van der Waals surface area (Å²) in [4.78, 5) is 24.3. The standard InChI is InChI=1S/C16H23NO3S/c18-15(17-14(16(19)20)11-12-8-9-12)7-3-1-2-5-13-6-4-10-21-13/h4,6,10,12,14H,1-3,5,7-9,11H2,(H,17,18)(H,19,20). The van der Waals surface area contributed by atoms with Gasteiger partial charge in [0.2, 0.25) is 5.91 Å². The predicted molar refractivity (Wildman–Crippen MR) is 83.4 cm³/mol. The Labute approximate surface area is 129 Å². The molecule has 0 saturated heterocycles. The van der Waals surface area contributed by atoms with Crippen molar-refractivity contribution in [3.63, 3.8) is 0 Å². The Hall–Kier alpha value is -1.36. The predicted octanol–water partition coefficient (Wildman–Crippen LogP) is 3.22. The SMILES string of the molecule is O=C(CCCCCc1cccs1)NC(CC1CC1)C(=O)O. The van der Waals surface area contributed by atoms with Crippen molar-refractivity contribution in [1.29, 1.82) is 0 Å². The number of thiophene rings is 1. The van der Waals surface area contributed by atoms with Gasteiger partial charge in [-0.3, -0.25) is 4.79 Å². The molecule has 5 heteroatoms. The lowest BCUT2D eigenvalue weighted by Crippen LogP contribution is -2.41. The Balaban J connectivity index is 1.56. The molecule has 1 aliphatic carbocycles. The van der Waals surface area contributed by atoms with Crippen LogP contribution >= 0.6 is 11.3 Å². The maximum absolute atomic E-state index is 11.8. The zero-order valence-electron chi connectivity index (χ0n) is 12.2. The summed E-state index contributed by atoms with van der Waals surface area (Å²) in [6.45, 7) is 0. The maximum atomic E-state index is 11.8. The van der Waals surface area contributed by atoms with Crippen LogP contribution < -0.4 is 5.32 Å². The zero-order valence-corrected chi connectivity index (χ0v) is 13.0. The molecule has 2 rings (SSSR count). The Morgan fingerprint density at radius 3 is 2.76 bits per heavy atom. The van der Waals surface area contributed by atoms with Crippen LogP contribution in [0.4, 0.5) is 0 Å². The Kier molecular flexibility index (Phi) is 6.23. The van der Waals surface area contributed by atoms with Crippen LogP contribution in [0.5, 0.6) is 0 Å². The molecule has 1 atom stereocenters. The van der Waals surface area contributed by atoms with Crippen LogP contribution in [0.15, 0.2) is 17.5 Å². The average molecular weight is 309 g/mol. The second-order valence-corrected chi connectivity index (χ2v) is 6.81. The van der Waals surface area contributed by atoms with Crippen molar-refractivity contribution in [3.8, 4) is 0 Å². The first-order valence-corrected chi connectivity index (χ1v) is 8.57. The number of unbranched alkanes of at least 4 members (excludes halogenated alkanes) is 2. The van der Waals surface area contributed by atoms with E-state index in [0.717, 1.165) is 38.5 Å². The molecule has 1 unspecified atom stereocenters. The van der Waals surface area contributed by atoms with E-state index in [-0.39, 0.29) is 5.91 Å². The van der Waals surface area contributed by atoms with Crippen molar-refractivity contribution in [1.82, 2.24) is 5.32 Å². The molecule has 1 fully saturated rings. The molecule has 1 aliphatic rings. The molecule has 1 aromatic rings. The number of hydrogen-bond donors (Lipinski definition) is 2. The highest BCUT2D eigenvalue weighted by Crippen LogP contribution is 2.33. The summed E-state index contributed by atoms with van der Waals surface area (Å²) in [7, 11) is 0. The van der Waals surface area contributed by atoms with E-state index in [4.69, 9.17) is 5.11 Å². The highest BCUT2D eigenvalue weighted by atomic mass is 32.1. The third-order valence-electron chi connectivity index (χ3n) is 3.81. The van der Waals surface area contributed by atoms with E-state index in [0.29, 0.717) is 18.8 Å². The van der Waals surface area contributed by atoms with E-state index < -0.39 is 12.0 Å². The molecule has 2 N–H and O–H groups in total. The van der Waals surface area contributed by atoms with E-state index in [1.807, 2.05) is 0 Å². The molecule has 0 aromatic carbocycles. The molecule has 0 radical (unpaired) electrons. The van der Waals surface area contributed by atoms with Crippen molar-refractivity contribution in [3.05, 3.63) is 22.4 Å². The Morgan fingerprint density at radius 1 is 1.33 bits per heavy atom. The minimum atomic E-state index is -0.909. The normalized spacial score (nSPS) is 15.6. The van der Waals surface area contributed by atoms with E-state index in [2.05, 4.69) is 22.8 Å². The molecule has 4 nitrogen and oxygen atoms in total. The van der Waals surface area contributed by atoms with Gasteiger partial charge in [-0.25, -0.2) is 4.79 Å². The molecule has 1 heterocycles. The Morgan fingerprint density at radius 2 is 2.14 bits per heavy atom. The van der Waals surface area contributed by atoms with Crippen molar-refractivity contribution >= 4 is 23.2 Å². The lowest BCUT2D eigenvalue weighted by atomic mass is 10.1. The maximum Gasteiger partial charge on any atom is 0.326 e. The van der Waals surface area contributed by atoms with Gasteiger partial charge in [0, 0.05) is 11.3 Å². The fourth-order valence-electron chi connectivity index (χ4n) is 2.39. The highest BCUT2D eigenvalue weighted by Gasteiger charge is 2.29. The van der Waals surface area contributed by atoms with E-state index in [9.17, 15) is 9.59 Å². The Bertz CT molecular complexity index is 454. The largest absolute Gasteiger partial charge is 0.480 e. The third-order valence-corrected chi connectivity index (χ3v) is 4.74. The number of aliphatic carboxylic acids is 1. The molecule has 0 aliphatic heterocycles. The van der Waals surface area contributed by atoms with Gasteiger partial charge in [-0.1, -0.05) is 25.3 Å². The van der Waals surface area contributed by atoms with Crippen molar-refractivity contribution in [2.45, 2.75) is 57.4 Å². The number of hydrogen-bond acceptors (Lipinski definition) is 3. The van der Waals surface area contributed by atoms with Gasteiger partial charge in [0.25, 0.3) is 0 Å². The van der Waals surface area contributed by atoms with Crippen LogP contribution in [0.1, 0.15) is 49.8 Å². The lowest BCUT2D eigenvalue weighted by molar-refractivity contribution is -0.142. The smallest absolute Gasteiger partial charge is 0.326 e. The lowest BCUT2D eigenvalue weighted by Gasteiger charge is -2.13. The van der Waals surface area contributed by atoms with Gasteiger partial charge < -0.3 is 10.4 Å². The molecule has 1 amide bonds. The number of carboxylic acids is 1. The monoisotopic (exact) mass is 309 g/mol. The minimum absolute atomic E-state index is 0.126. The molecule has 116 valence electrons. The first kappa shape index (κ1) is 16.0. The van der Waals surface area contributed by atoms with Gasteiger partial charge in [-0.15, -0.1) is 11.3 Å². The van der Waals surface area contributed by atoms with E-state index in [1.165, 1.54) is 4.88 Å². The summed E-state index contributed by atoms with van der Waals surface area (Å²) in [6, 6.07) is 3.49. The summed E-state index contributed by atoms with van der Waals surface area (Å²) in [6.07, 6.45) is 7.19. The molecule has 1 aromatic heterocycles. The number of aryl methyl sites for hydroxylation is 1. The van der Waals surface area contributed by atoms with Gasteiger partial charge in [0.1, 0.15) is 6.04 Å². The summed E-state index contributed by atoms with van der Waals surface area (Å²) >= 11 is 1.77. The van der Waals surface area contributed by atoms with Crippen molar-refractivity contribution < 1.29 is 14.7 Å². The number of carbonyl (C=O) groups excluding carboxylic acids is 1. The molecule has 0 spiro atoms. The zero-order chi connectivity index (χ0) is 15.1. The number of carbonyl (C=O) groups is 2. The van der Waals surface area contributed by atoms with Crippen LogP contribution in [0.25, 0.3) is 0 Å². The fraction of sp³-hybridized carbons (Fsp3) is 0.625. The first-order chi connectivity index (χ1) is 10.1. The molecule has 0 bridgehead atoms. The topological polar surface area (TPSA) is 66.4 Å². The second-order valence-electron chi connectivity index (χ2n) is 5.78. The summed E-state index contributed by atoms with van der Waals surface area (Å²) < 4.78 is 0. The van der Waals surface area contributed by atoms with Crippen molar-refractivity contribution in [2.24, 2.45) is 5.92 Å². The van der Waals surface area contributed by atoms with Crippen LogP contribution in [-0.2, 0) is 16.0 Å². The summed E-state index contributed by atoms with van der Waals surface area (Å²) in [5.41, 5.74) is 0. The molecular weight excluding hydrogens is 286 g/mol. The van der Waals surface area contributed by atoms with E-state index >= 15 is 0 Å². The average Bonchev–Trinajstić information content (AvgIpc) is 3.11. The van der Waals surface area contributed by atoms with Crippen LogP contribution in [-0.4, -0.2) is 23.0 Å². The number of nitrogens with one attached hydrogen (secondary N) is 1. The third kappa shape index (κ3) is 6.29. The van der Waals surface area contributed by atoms with Gasteiger partial charge >= 0.3 is 5.97 Å². The van der Waals surface area contributed by atoms with Gasteiger partial charge in [0.05, 0.1) is 0 Å². The van der Waals surface area contributed by atoms with E-state index in [1.54, 1.807) is 11.3 Å². The summed E-state index contributed by atoms with van der Waals surface area (Å²) in [5, 5.41) is 13.8. The minimum Gasteiger partial charge on any atom is -0.480 e. The van der Waals surface area contributed by atoms with Gasteiger partial charge in [-0.05, 0) is 43.0 Å². The first-order valence-electron chi connectivity index (χ1n) is 7.69. The number of carboxylic acid groups (broad SMARTS) is 1. The molecule has 21 heavy (non-hydrogen) atoms. The highest BCUT2D eigenvalue weighted by molar-refractivity contribution is 7.09. The second kappa shape index (κ2) is 8.17. The number of amides is 1. The summed E-state index contributed by atoms with van der Waals surface area (Å²) in [5.74, 6) is -0.538. The quantitative estimate of drug-likeness (QED) is 0.652. The molecule has 1 saturated carbocycles. The fourth-order valence-corrected chi connectivity index (χ4v) is 3.14. The van der Waals surface area contributed by atoms with Crippen LogP contribution in [0, 0.1) is 5.92 Å². The van der Waals surface area contributed by atoms with Crippen molar-refractivity contribution in [2.75, 3.05) is 0 Å².